The van der Waals surface area contributed by atoms with E-state index in [1.165, 1.54) is 12.1 Å². The predicted octanol–water partition coefficient (Wildman–Crippen LogP) is 3.96. The number of hydrogen-bond donors (Lipinski definition) is 0. The van der Waals surface area contributed by atoms with Crippen LogP contribution in [0.2, 0.25) is 10.0 Å². The molecule has 4 nitrogen and oxygen atoms in total. The molecule has 2 aromatic rings. The summed E-state index contributed by atoms with van der Waals surface area (Å²) in [7, 11) is 0. The van der Waals surface area contributed by atoms with Gasteiger partial charge in [-0.3, -0.25) is 0 Å². The van der Waals surface area contributed by atoms with Gasteiger partial charge in [-0.25, -0.2) is 9.18 Å². The molecule has 0 aliphatic rings. The summed E-state index contributed by atoms with van der Waals surface area (Å²) < 4.78 is 23.1. The first-order valence-electron chi connectivity index (χ1n) is 5.32. The molecule has 0 spiro atoms. The molecular formula is C12H8Cl2FNO3. The summed E-state index contributed by atoms with van der Waals surface area (Å²) in [6.45, 7) is 1.88. The van der Waals surface area contributed by atoms with Crippen molar-refractivity contribution >= 4 is 29.2 Å². The molecule has 2 rings (SSSR count). The molecule has 0 amide bonds. The molecule has 0 radical (unpaired) electrons. The second-order valence-corrected chi connectivity index (χ2v) is 4.30. The fourth-order valence-electron chi connectivity index (χ4n) is 1.45. The van der Waals surface area contributed by atoms with Gasteiger partial charge in [0.25, 0.3) is 0 Å². The number of carbonyl (C=O) groups is 1. The number of aromatic nitrogens is 1. The van der Waals surface area contributed by atoms with Crippen LogP contribution >= 0.6 is 23.2 Å². The number of carbonyl (C=O) groups excluding carboxylic acids is 1. The molecule has 0 N–H and O–H groups in total. The molecule has 0 fully saturated rings. The zero-order valence-electron chi connectivity index (χ0n) is 9.75. The molecule has 0 unspecified atom stereocenters. The van der Waals surface area contributed by atoms with Crippen LogP contribution in [-0.2, 0) is 4.74 Å². The SMILES string of the molecule is CCOC(=O)c1cc(-c2c(Cl)ccc(F)c2Cl)on1. The average molecular weight is 304 g/mol. The zero-order chi connectivity index (χ0) is 14.0. The third kappa shape index (κ3) is 2.72. The van der Waals surface area contributed by atoms with Crippen molar-refractivity contribution in [1.82, 2.24) is 5.16 Å². The smallest absolute Gasteiger partial charge is 0.360 e. The lowest BCUT2D eigenvalue weighted by atomic mass is 10.1. The van der Waals surface area contributed by atoms with Crippen molar-refractivity contribution in [3.05, 3.63) is 39.8 Å². The van der Waals surface area contributed by atoms with Crippen LogP contribution in [0.15, 0.2) is 22.7 Å². The summed E-state index contributed by atoms with van der Waals surface area (Å²) in [5.41, 5.74) is 0.111. The van der Waals surface area contributed by atoms with E-state index in [-0.39, 0.29) is 33.7 Å². The average Bonchev–Trinajstić information content (AvgIpc) is 2.84. The van der Waals surface area contributed by atoms with Gasteiger partial charge in [-0.15, -0.1) is 0 Å². The molecule has 0 aliphatic heterocycles. The second kappa shape index (κ2) is 5.59. The Morgan fingerprint density at radius 1 is 1.47 bits per heavy atom. The summed E-state index contributed by atoms with van der Waals surface area (Å²) in [4.78, 5) is 11.4. The van der Waals surface area contributed by atoms with E-state index in [0.29, 0.717) is 0 Å². The molecule has 1 heterocycles. The van der Waals surface area contributed by atoms with E-state index in [1.807, 2.05) is 0 Å². The number of esters is 1. The van der Waals surface area contributed by atoms with Crippen molar-refractivity contribution in [3.63, 3.8) is 0 Å². The van der Waals surface area contributed by atoms with Gasteiger partial charge in [0, 0.05) is 6.07 Å². The van der Waals surface area contributed by atoms with Gasteiger partial charge in [0.15, 0.2) is 11.5 Å². The van der Waals surface area contributed by atoms with Gasteiger partial charge in [-0.1, -0.05) is 28.4 Å². The van der Waals surface area contributed by atoms with Crippen molar-refractivity contribution in [2.45, 2.75) is 6.92 Å². The van der Waals surface area contributed by atoms with Crippen LogP contribution in [0.25, 0.3) is 11.3 Å². The van der Waals surface area contributed by atoms with Crippen LogP contribution in [0.3, 0.4) is 0 Å². The second-order valence-electron chi connectivity index (χ2n) is 3.52. The lowest BCUT2D eigenvalue weighted by Gasteiger charge is -2.03. The van der Waals surface area contributed by atoms with Crippen molar-refractivity contribution in [3.8, 4) is 11.3 Å². The first kappa shape index (κ1) is 13.8. The Hall–Kier alpha value is -1.59. The maximum atomic E-state index is 13.4. The summed E-state index contributed by atoms with van der Waals surface area (Å²) in [5.74, 6) is -1.19. The molecule has 100 valence electrons. The molecular weight excluding hydrogens is 296 g/mol. The Labute approximate surface area is 118 Å². The van der Waals surface area contributed by atoms with E-state index in [4.69, 9.17) is 32.5 Å². The molecule has 1 aromatic carbocycles. The molecule has 0 aliphatic carbocycles. The highest BCUT2D eigenvalue weighted by atomic mass is 35.5. The van der Waals surface area contributed by atoms with Gasteiger partial charge >= 0.3 is 5.97 Å². The van der Waals surface area contributed by atoms with E-state index in [1.54, 1.807) is 6.92 Å². The van der Waals surface area contributed by atoms with E-state index in [9.17, 15) is 9.18 Å². The number of halogens is 3. The lowest BCUT2D eigenvalue weighted by molar-refractivity contribution is 0.0514. The number of nitrogens with zero attached hydrogens (tertiary/aromatic N) is 1. The highest BCUT2D eigenvalue weighted by molar-refractivity contribution is 6.39. The van der Waals surface area contributed by atoms with Gasteiger partial charge in [-0.05, 0) is 19.1 Å². The Bertz CT molecular complexity index is 627. The first-order chi connectivity index (χ1) is 9.04. The molecule has 19 heavy (non-hydrogen) atoms. The number of ether oxygens (including phenoxy) is 1. The Morgan fingerprint density at radius 3 is 2.89 bits per heavy atom. The fraction of sp³-hybridized carbons (Fsp3) is 0.167. The van der Waals surface area contributed by atoms with Gasteiger partial charge < -0.3 is 9.26 Å². The third-order valence-corrected chi connectivity index (χ3v) is 2.97. The lowest BCUT2D eigenvalue weighted by Crippen LogP contribution is -2.04. The van der Waals surface area contributed by atoms with Crippen molar-refractivity contribution < 1.29 is 18.4 Å². The summed E-state index contributed by atoms with van der Waals surface area (Å²) in [6, 6.07) is 3.77. The van der Waals surface area contributed by atoms with Crippen LogP contribution in [0.4, 0.5) is 4.39 Å². The van der Waals surface area contributed by atoms with Crippen LogP contribution in [0.1, 0.15) is 17.4 Å². The molecule has 1 aromatic heterocycles. The molecule has 7 heteroatoms. The largest absolute Gasteiger partial charge is 0.461 e. The van der Waals surface area contributed by atoms with Gasteiger partial charge in [0.2, 0.25) is 0 Å². The molecule has 0 saturated carbocycles. The molecule has 0 atom stereocenters. The van der Waals surface area contributed by atoms with Crippen molar-refractivity contribution in [1.29, 1.82) is 0 Å². The summed E-state index contributed by atoms with van der Waals surface area (Å²) in [6.07, 6.45) is 0. The summed E-state index contributed by atoms with van der Waals surface area (Å²) >= 11 is 11.8. The maximum absolute atomic E-state index is 13.4. The highest BCUT2D eigenvalue weighted by Gasteiger charge is 2.20. The topological polar surface area (TPSA) is 52.3 Å². The third-order valence-electron chi connectivity index (χ3n) is 2.29. The van der Waals surface area contributed by atoms with Crippen LogP contribution in [0.5, 0.6) is 0 Å². The highest BCUT2D eigenvalue weighted by Crippen LogP contribution is 2.36. The fourth-order valence-corrected chi connectivity index (χ4v) is 2.00. The quantitative estimate of drug-likeness (QED) is 0.636. The molecule has 0 bridgehead atoms. The monoisotopic (exact) mass is 303 g/mol. The Morgan fingerprint density at radius 2 is 2.21 bits per heavy atom. The van der Waals surface area contributed by atoms with Gasteiger partial charge in [0.05, 0.1) is 22.2 Å². The minimum atomic E-state index is -0.643. The maximum Gasteiger partial charge on any atom is 0.360 e. The number of hydrogen-bond acceptors (Lipinski definition) is 4. The summed E-state index contributed by atoms with van der Waals surface area (Å²) in [5, 5.41) is 3.53. The van der Waals surface area contributed by atoms with Gasteiger partial charge in [-0.2, -0.15) is 0 Å². The first-order valence-corrected chi connectivity index (χ1v) is 6.08. The van der Waals surface area contributed by atoms with E-state index in [2.05, 4.69) is 5.16 Å². The molecule has 0 saturated heterocycles. The zero-order valence-corrected chi connectivity index (χ0v) is 11.3. The van der Waals surface area contributed by atoms with E-state index < -0.39 is 11.8 Å². The predicted molar refractivity (Wildman–Crippen MR) is 67.9 cm³/mol. The number of rotatable bonds is 3. The van der Waals surface area contributed by atoms with Crippen LogP contribution < -0.4 is 0 Å². The van der Waals surface area contributed by atoms with Gasteiger partial charge in [0.1, 0.15) is 5.82 Å². The minimum Gasteiger partial charge on any atom is -0.461 e. The Kier molecular flexibility index (Phi) is 4.07. The van der Waals surface area contributed by atoms with Crippen molar-refractivity contribution in [2.24, 2.45) is 0 Å². The van der Waals surface area contributed by atoms with Crippen LogP contribution in [-0.4, -0.2) is 17.7 Å². The minimum absolute atomic E-state index is 0.0340. The van der Waals surface area contributed by atoms with Crippen molar-refractivity contribution in [2.75, 3.05) is 6.61 Å². The number of benzene rings is 1. The standard InChI is InChI=1S/C12H8Cl2FNO3/c1-2-18-12(17)8-5-9(19-16-8)10-6(13)3-4-7(15)11(10)14/h3-5H,2H2,1H3. The normalized spacial score (nSPS) is 10.5. The van der Waals surface area contributed by atoms with E-state index in [0.717, 1.165) is 6.07 Å². The van der Waals surface area contributed by atoms with E-state index >= 15 is 0 Å². The van der Waals surface area contributed by atoms with Crippen LogP contribution in [0, 0.1) is 5.82 Å². The Balaban J connectivity index is 2.44.